The van der Waals surface area contributed by atoms with Crippen molar-refractivity contribution >= 4 is 5.78 Å². The van der Waals surface area contributed by atoms with Crippen LogP contribution in [0.15, 0.2) is 35.4 Å². The number of benzene rings is 1. The molecule has 19 heavy (non-hydrogen) atoms. The first kappa shape index (κ1) is 13.6. The van der Waals surface area contributed by atoms with Gasteiger partial charge in [-0.1, -0.05) is 41.9 Å². The van der Waals surface area contributed by atoms with Gasteiger partial charge in [0.25, 0.3) is 0 Å². The quantitative estimate of drug-likeness (QED) is 0.432. The van der Waals surface area contributed by atoms with Gasteiger partial charge in [-0.3, -0.25) is 4.79 Å². The van der Waals surface area contributed by atoms with Crippen LogP contribution < -0.4 is 0 Å². The Kier molecular flexibility index (Phi) is 4.99. The first-order valence-corrected chi connectivity index (χ1v) is 6.93. The van der Waals surface area contributed by atoms with E-state index < -0.39 is 0 Å². The summed E-state index contributed by atoms with van der Waals surface area (Å²) in [6.07, 6.45) is 5.49. The van der Waals surface area contributed by atoms with Gasteiger partial charge in [0.1, 0.15) is 5.78 Å². The van der Waals surface area contributed by atoms with Crippen LogP contribution in [0.5, 0.6) is 0 Å². The van der Waals surface area contributed by atoms with Crippen molar-refractivity contribution in [1.82, 2.24) is 0 Å². The molecule has 0 aliphatic heterocycles. The van der Waals surface area contributed by atoms with Gasteiger partial charge in [0, 0.05) is 17.3 Å². The molecule has 1 saturated carbocycles. The van der Waals surface area contributed by atoms with Gasteiger partial charge in [-0.2, -0.15) is 0 Å². The Morgan fingerprint density at radius 3 is 2.79 bits per heavy atom. The maximum absolute atomic E-state index is 11.8. The molecule has 0 saturated heterocycles. The molecule has 1 fully saturated rings. The summed E-state index contributed by atoms with van der Waals surface area (Å²) in [5.41, 5.74) is 9.71. The highest BCUT2D eigenvalue weighted by atomic mass is 16.1. The van der Waals surface area contributed by atoms with E-state index in [4.69, 9.17) is 5.53 Å². The number of hydrogen-bond donors (Lipinski definition) is 0. The lowest BCUT2D eigenvalue weighted by Gasteiger charge is -2.21. The third kappa shape index (κ3) is 3.83. The van der Waals surface area contributed by atoms with Gasteiger partial charge in [-0.05, 0) is 36.8 Å². The fourth-order valence-electron chi connectivity index (χ4n) is 2.75. The van der Waals surface area contributed by atoms with Crippen LogP contribution in [0.3, 0.4) is 0 Å². The summed E-state index contributed by atoms with van der Waals surface area (Å²) in [6, 6.07) is 9.63. The topological polar surface area (TPSA) is 65.8 Å². The van der Waals surface area contributed by atoms with Crippen molar-refractivity contribution in [2.45, 2.75) is 44.6 Å². The SMILES string of the molecule is [N-]=[N+]=NC(CCC1CCCCC1=O)c1ccccc1. The van der Waals surface area contributed by atoms with Crippen LogP contribution in [0.25, 0.3) is 10.4 Å². The van der Waals surface area contributed by atoms with Crippen molar-refractivity contribution < 1.29 is 4.79 Å². The molecule has 0 amide bonds. The van der Waals surface area contributed by atoms with E-state index in [-0.39, 0.29) is 12.0 Å². The minimum absolute atomic E-state index is 0.152. The average molecular weight is 257 g/mol. The Balaban J connectivity index is 1.98. The van der Waals surface area contributed by atoms with Gasteiger partial charge in [0.15, 0.2) is 0 Å². The van der Waals surface area contributed by atoms with Crippen molar-refractivity contribution in [2.24, 2.45) is 11.0 Å². The summed E-state index contributed by atoms with van der Waals surface area (Å²) >= 11 is 0. The van der Waals surface area contributed by atoms with Crippen molar-refractivity contribution in [1.29, 1.82) is 0 Å². The number of rotatable bonds is 5. The molecule has 1 aromatic rings. The second-order valence-electron chi connectivity index (χ2n) is 5.12. The van der Waals surface area contributed by atoms with Crippen LogP contribution in [0.4, 0.5) is 0 Å². The van der Waals surface area contributed by atoms with E-state index in [1.165, 1.54) is 0 Å². The predicted molar refractivity (Wildman–Crippen MR) is 74.5 cm³/mol. The van der Waals surface area contributed by atoms with Gasteiger partial charge in [-0.25, -0.2) is 0 Å². The van der Waals surface area contributed by atoms with Crippen molar-refractivity contribution in [2.75, 3.05) is 0 Å². The normalized spacial score (nSPS) is 20.6. The van der Waals surface area contributed by atoms with Gasteiger partial charge >= 0.3 is 0 Å². The van der Waals surface area contributed by atoms with Crippen molar-refractivity contribution in [3.8, 4) is 0 Å². The summed E-state index contributed by atoms with van der Waals surface area (Å²) in [4.78, 5) is 14.7. The standard InChI is InChI=1S/C15H19N3O/c16-18-17-14(12-6-2-1-3-7-12)11-10-13-8-4-5-9-15(13)19/h1-3,6-7,13-14H,4-5,8-11H2. The highest BCUT2D eigenvalue weighted by molar-refractivity contribution is 5.81. The van der Waals surface area contributed by atoms with Crippen LogP contribution >= 0.6 is 0 Å². The van der Waals surface area contributed by atoms with Crippen LogP contribution in [0.1, 0.15) is 50.1 Å². The second kappa shape index (κ2) is 6.95. The first-order valence-electron chi connectivity index (χ1n) is 6.93. The molecule has 0 bridgehead atoms. The third-order valence-electron chi connectivity index (χ3n) is 3.85. The lowest BCUT2D eigenvalue weighted by Crippen LogP contribution is -2.19. The summed E-state index contributed by atoms with van der Waals surface area (Å²) in [5, 5.41) is 3.87. The number of carbonyl (C=O) groups excluding carboxylic acids is 1. The maximum Gasteiger partial charge on any atom is 0.135 e. The van der Waals surface area contributed by atoms with Crippen molar-refractivity contribution in [3.05, 3.63) is 46.3 Å². The zero-order valence-corrected chi connectivity index (χ0v) is 11.0. The average Bonchev–Trinajstić information content (AvgIpc) is 2.46. The highest BCUT2D eigenvalue weighted by Gasteiger charge is 2.23. The summed E-state index contributed by atoms with van der Waals surface area (Å²) in [5.74, 6) is 0.563. The molecule has 2 atom stereocenters. The molecule has 0 spiro atoms. The minimum Gasteiger partial charge on any atom is -0.299 e. The fraction of sp³-hybridized carbons (Fsp3) is 0.533. The van der Waals surface area contributed by atoms with Gasteiger partial charge in [-0.15, -0.1) is 0 Å². The molecule has 4 heteroatoms. The Hall–Kier alpha value is -1.80. The molecule has 2 rings (SSSR count). The number of nitrogens with zero attached hydrogens (tertiary/aromatic N) is 3. The molecule has 0 heterocycles. The van der Waals surface area contributed by atoms with Gasteiger partial charge < -0.3 is 0 Å². The van der Waals surface area contributed by atoms with E-state index in [0.717, 1.165) is 44.1 Å². The predicted octanol–water partition coefficient (Wildman–Crippen LogP) is 4.58. The number of ketones is 1. The molecule has 4 nitrogen and oxygen atoms in total. The smallest absolute Gasteiger partial charge is 0.135 e. The van der Waals surface area contributed by atoms with Crippen molar-refractivity contribution in [3.63, 3.8) is 0 Å². The first-order chi connectivity index (χ1) is 9.31. The monoisotopic (exact) mass is 257 g/mol. The van der Waals surface area contributed by atoms with Crippen LogP contribution in [0.2, 0.25) is 0 Å². The number of azide groups is 1. The Morgan fingerprint density at radius 1 is 1.32 bits per heavy atom. The molecule has 0 radical (unpaired) electrons. The molecular weight excluding hydrogens is 238 g/mol. The lowest BCUT2D eigenvalue weighted by molar-refractivity contribution is -0.124. The number of hydrogen-bond acceptors (Lipinski definition) is 2. The highest BCUT2D eigenvalue weighted by Crippen LogP contribution is 2.30. The van der Waals surface area contributed by atoms with Crippen LogP contribution in [-0.2, 0) is 4.79 Å². The molecular formula is C15H19N3O. The summed E-state index contributed by atoms with van der Waals surface area (Å²) < 4.78 is 0. The molecule has 1 aliphatic rings. The number of Topliss-reactive ketones (excluding diaryl/α,β-unsaturated/α-hetero) is 1. The molecule has 100 valence electrons. The molecule has 0 N–H and O–H groups in total. The Morgan fingerprint density at radius 2 is 2.11 bits per heavy atom. The number of carbonyl (C=O) groups is 1. The van der Waals surface area contributed by atoms with E-state index in [9.17, 15) is 4.79 Å². The van der Waals surface area contributed by atoms with E-state index in [1.807, 2.05) is 30.3 Å². The maximum atomic E-state index is 11.8. The van der Waals surface area contributed by atoms with Gasteiger partial charge in [0.05, 0.1) is 6.04 Å². The molecule has 1 aromatic carbocycles. The summed E-state index contributed by atoms with van der Waals surface area (Å²) in [6.45, 7) is 0. The van der Waals surface area contributed by atoms with Crippen LogP contribution in [0, 0.1) is 5.92 Å². The molecule has 2 unspecified atom stereocenters. The fourth-order valence-corrected chi connectivity index (χ4v) is 2.75. The van der Waals surface area contributed by atoms with E-state index in [2.05, 4.69) is 10.0 Å². The largest absolute Gasteiger partial charge is 0.299 e. The lowest BCUT2D eigenvalue weighted by atomic mass is 9.83. The zero-order chi connectivity index (χ0) is 13.5. The van der Waals surface area contributed by atoms with E-state index in [1.54, 1.807) is 0 Å². The Labute approximate surface area is 113 Å². The Bertz CT molecular complexity index is 466. The molecule has 1 aliphatic carbocycles. The summed E-state index contributed by atoms with van der Waals surface area (Å²) in [7, 11) is 0. The third-order valence-corrected chi connectivity index (χ3v) is 3.85. The molecule has 0 aromatic heterocycles. The second-order valence-corrected chi connectivity index (χ2v) is 5.12. The van der Waals surface area contributed by atoms with E-state index >= 15 is 0 Å². The van der Waals surface area contributed by atoms with Crippen LogP contribution in [-0.4, -0.2) is 5.78 Å². The van der Waals surface area contributed by atoms with E-state index in [0.29, 0.717) is 5.78 Å². The zero-order valence-electron chi connectivity index (χ0n) is 11.0. The van der Waals surface area contributed by atoms with Gasteiger partial charge in [0.2, 0.25) is 0 Å². The minimum atomic E-state index is -0.152.